The summed E-state index contributed by atoms with van der Waals surface area (Å²) in [6.07, 6.45) is 3.26. The maximum absolute atomic E-state index is 16.9. The summed E-state index contributed by atoms with van der Waals surface area (Å²) in [6.45, 7) is 9.60. The van der Waals surface area contributed by atoms with Crippen LogP contribution in [0.4, 0.5) is 10.2 Å². The predicted molar refractivity (Wildman–Crippen MR) is 177 cm³/mol. The number of likely N-dealkylation sites (tertiary alicyclic amines) is 1. The number of halogens is 2. The van der Waals surface area contributed by atoms with Gasteiger partial charge < -0.3 is 19.3 Å². The first-order valence-corrected chi connectivity index (χ1v) is 15.6. The van der Waals surface area contributed by atoms with Crippen LogP contribution in [0.15, 0.2) is 30.6 Å². The van der Waals surface area contributed by atoms with E-state index < -0.39 is 0 Å². The third kappa shape index (κ3) is 5.09. The largest absolute Gasteiger partial charge is 0.351 e. The molecule has 0 unspecified atom stereocenters. The topological polar surface area (TPSA) is 81.3 Å². The molecule has 0 radical (unpaired) electrons. The summed E-state index contributed by atoms with van der Waals surface area (Å²) in [5, 5.41) is 10.9. The van der Waals surface area contributed by atoms with Crippen molar-refractivity contribution in [1.82, 2.24) is 24.3 Å². The van der Waals surface area contributed by atoms with Crippen molar-refractivity contribution in [1.29, 1.82) is 5.26 Å². The van der Waals surface area contributed by atoms with Gasteiger partial charge in [-0.2, -0.15) is 5.26 Å². The van der Waals surface area contributed by atoms with Gasteiger partial charge in [-0.3, -0.25) is 4.79 Å². The molecular weight excluding hydrogens is 589 g/mol. The minimum absolute atomic E-state index is 0.0360. The fourth-order valence-electron chi connectivity index (χ4n) is 6.95. The molecule has 4 heterocycles. The summed E-state index contributed by atoms with van der Waals surface area (Å²) >= 11 is 6.47. The molecule has 2 saturated heterocycles. The number of hydrogen-bond donors (Lipinski definition) is 0. The van der Waals surface area contributed by atoms with E-state index in [4.69, 9.17) is 21.6 Å². The maximum atomic E-state index is 16.9. The van der Waals surface area contributed by atoms with Gasteiger partial charge >= 0.3 is 0 Å². The molecule has 0 spiro atoms. The molecule has 2 aromatic heterocycles. The smallest absolute Gasteiger partial charge is 0.298 e. The number of aromatic nitrogens is 3. The second kappa shape index (κ2) is 11.6. The van der Waals surface area contributed by atoms with Crippen LogP contribution >= 0.6 is 11.6 Å². The van der Waals surface area contributed by atoms with E-state index in [0.717, 1.165) is 40.8 Å². The molecular formula is C35H37ClFN7O. The zero-order chi connectivity index (χ0) is 32.2. The van der Waals surface area contributed by atoms with E-state index in [9.17, 15) is 10.1 Å². The van der Waals surface area contributed by atoms with Crippen molar-refractivity contribution >= 4 is 45.3 Å². The quantitative estimate of drug-likeness (QED) is 0.243. The summed E-state index contributed by atoms with van der Waals surface area (Å²) < 4.78 is 19.0. The molecule has 0 bridgehead atoms. The molecule has 2 atom stereocenters. The Balaban J connectivity index is 1.54. The fraction of sp³-hybridized carbons (Fsp3) is 0.429. The van der Waals surface area contributed by atoms with Crippen LogP contribution in [-0.4, -0.2) is 75.6 Å². The molecule has 2 fully saturated rings. The number of nitrogens with zero attached hydrogens (tertiary/aromatic N) is 7. The predicted octanol–water partition coefficient (Wildman–Crippen LogP) is 6.27. The molecule has 2 aliphatic heterocycles. The molecule has 10 heteroatoms. The number of piperidine rings is 1. The van der Waals surface area contributed by atoms with Gasteiger partial charge in [0.15, 0.2) is 11.6 Å². The lowest BCUT2D eigenvalue weighted by Gasteiger charge is -2.52. The number of pyridine rings is 1. The number of aryl methyl sites for hydroxylation is 1. The molecule has 0 saturated carbocycles. The Morgan fingerprint density at radius 1 is 1.24 bits per heavy atom. The van der Waals surface area contributed by atoms with Gasteiger partial charge in [0.1, 0.15) is 11.0 Å². The number of likely N-dealkylation sites (N-methyl/N-ethyl adjacent to an activating group) is 1. The van der Waals surface area contributed by atoms with Crippen molar-refractivity contribution in [2.24, 2.45) is 0 Å². The van der Waals surface area contributed by atoms with Gasteiger partial charge in [0.05, 0.1) is 29.9 Å². The normalized spacial score (nSPS) is 19.4. The summed E-state index contributed by atoms with van der Waals surface area (Å²) in [5.41, 5.74) is 4.62. The Labute approximate surface area is 268 Å². The molecule has 232 valence electrons. The van der Waals surface area contributed by atoms with Crippen LogP contribution < -0.4 is 4.90 Å². The Morgan fingerprint density at radius 2 is 2.00 bits per heavy atom. The van der Waals surface area contributed by atoms with E-state index in [2.05, 4.69) is 53.3 Å². The lowest BCUT2D eigenvalue weighted by atomic mass is 9.90. The summed E-state index contributed by atoms with van der Waals surface area (Å²) in [7, 11) is 4.14. The van der Waals surface area contributed by atoms with Crippen molar-refractivity contribution < 1.29 is 9.18 Å². The maximum Gasteiger partial charge on any atom is 0.298 e. The van der Waals surface area contributed by atoms with Crippen LogP contribution in [0.3, 0.4) is 0 Å². The first-order chi connectivity index (χ1) is 21.5. The molecule has 2 aromatic carbocycles. The van der Waals surface area contributed by atoms with Gasteiger partial charge in [-0.1, -0.05) is 29.7 Å². The highest BCUT2D eigenvalue weighted by atomic mass is 35.5. The lowest BCUT2D eigenvalue weighted by Crippen LogP contribution is -2.67. The number of carbonyl (C=O) groups is 1. The third-order valence-electron chi connectivity index (χ3n) is 9.80. The van der Waals surface area contributed by atoms with E-state index in [1.807, 2.05) is 44.4 Å². The van der Waals surface area contributed by atoms with E-state index >= 15 is 4.39 Å². The van der Waals surface area contributed by atoms with Gasteiger partial charge in [-0.25, -0.2) is 14.4 Å². The second-order valence-corrected chi connectivity index (χ2v) is 13.2. The number of fused-ring (bicyclic) bond motifs is 3. The Kier molecular flexibility index (Phi) is 7.97. The minimum Gasteiger partial charge on any atom is -0.351 e. The molecule has 0 N–H and O–H groups in total. The van der Waals surface area contributed by atoms with Crippen LogP contribution in [0.2, 0.25) is 5.02 Å². The highest BCUT2D eigenvalue weighted by Gasteiger charge is 2.43. The highest BCUT2D eigenvalue weighted by molar-refractivity contribution is 6.31. The summed E-state index contributed by atoms with van der Waals surface area (Å²) in [5.74, 6) is 5.34. The molecule has 8 nitrogen and oxygen atoms in total. The zero-order valence-electron chi connectivity index (χ0n) is 26.6. The molecule has 1 amide bonds. The standard InChI is InChI=1S/C35H37ClFN7O/c1-7-9-28(45)43-15-13-24(17-23(43)12-14-38)44-20-39-32-33(44)26-16-21(2)29(25-10-8-11-27(36)22(25)3)30(37)31(26)40-34(32)42-18-35(4,19-42)41(5)6/h8,10-11,16,20,23-24H,12-13,15,17-19H2,1-6H3/t23-,24+/m1/s1. The Morgan fingerprint density at radius 3 is 2.69 bits per heavy atom. The number of benzene rings is 2. The van der Waals surface area contributed by atoms with E-state index in [1.165, 1.54) is 0 Å². The van der Waals surface area contributed by atoms with Gasteiger partial charge in [0, 0.05) is 47.7 Å². The first kappa shape index (κ1) is 30.8. The highest BCUT2D eigenvalue weighted by Crippen LogP contribution is 2.43. The molecule has 6 rings (SSSR count). The molecule has 2 aliphatic rings. The van der Waals surface area contributed by atoms with E-state index in [0.29, 0.717) is 41.2 Å². The number of hydrogen-bond acceptors (Lipinski definition) is 6. The van der Waals surface area contributed by atoms with Crippen LogP contribution in [0.5, 0.6) is 0 Å². The van der Waals surface area contributed by atoms with Crippen LogP contribution in [-0.2, 0) is 4.79 Å². The Hall–Kier alpha value is -4.18. The minimum atomic E-state index is -0.386. The average molecular weight is 626 g/mol. The average Bonchev–Trinajstić information content (AvgIpc) is 3.43. The third-order valence-corrected chi connectivity index (χ3v) is 10.2. The molecule has 0 aliphatic carbocycles. The van der Waals surface area contributed by atoms with Crippen molar-refractivity contribution in [2.75, 3.05) is 38.6 Å². The van der Waals surface area contributed by atoms with Gasteiger partial charge in [-0.05, 0) is 89.4 Å². The lowest BCUT2D eigenvalue weighted by molar-refractivity contribution is -0.129. The van der Waals surface area contributed by atoms with Crippen molar-refractivity contribution in [2.45, 2.75) is 64.6 Å². The van der Waals surface area contributed by atoms with Crippen molar-refractivity contribution in [3.8, 4) is 29.0 Å². The van der Waals surface area contributed by atoms with Gasteiger partial charge in [-0.15, -0.1) is 0 Å². The van der Waals surface area contributed by atoms with Crippen molar-refractivity contribution in [3.63, 3.8) is 0 Å². The number of carbonyl (C=O) groups excluding carboxylic acids is 1. The molecule has 45 heavy (non-hydrogen) atoms. The van der Waals surface area contributed by atoms with Crippen LogP contribution in [0, 0.1) is 42.8 Å². The number of anilines is 1. The van der Waals surface area contributed by atoms with E-state index in [-0.39, 0.29) is 41.3 Å². The van der Waals surface area contributed by atoms with Crippen LogP contribution in [0.25, 0.3) is 33.1 Å². The summed E-state index contributed by atoms with van der Waals surface area (Å²) in [6, 6.07) is 9.48. The van der Waals surface area contributed by atoms with Crippen molar-refractivity contribution in [3.05, 3.63) is 52.6 Å². The number of rotatable bonds is 5. The van der Waals surface area contributed by atoms with Gasteiger partial charge in [0.25, 0.3) is 5.91 Å². The van der Waals surface area contributed by atoms with Gasteiger partial charge in [0.2, 0.25) is 0 Å². The van der Waals surface area contributed by atoms with Crippen LogP contribution in [0.1, 0.15) is 50.3 Å². The number of imidazole rings is 1. The molecule has 4 aromatic rings. The summed E-state index contributed by atoms with van der Waals surface area (Å²) in [4.78, 5) is 28.7. The second-order valence-electron chi connectivity index (χ2n) is 12.8. The number of nitriles is 1. The Bertz CT molecular complexity index is 1940. The monoisotopic (exact) mass is 625 g/mol. The fourth-order valence-corrected chi connectivity index (χ4v) is 7.12. The zero-order valence-corrected chi connectivity index (χ0v) is 27.3. The number of amides is 1. The first-order valence-electron chi connectivity index (χ1n) is 15.3. The SMILES string of the molecule is CC#CC(=O)N1CC[C@H](n2cnc3c(N4CC(C)(N(C)C)C4)nc4c(F)c(-c5cccc(Cl)c5C)c(C)cc4c32)C[C@H]1CC#N. The van der Waals surface area contributed by atoms with E-state index in [1.54, 1.807) is 11.8 Å².